The van der Waals surface area contributed by atoms with Crippen molar-refractivity contribution in [2.75, 3.05) is 13.2 Å². The molecule has 1 saturated carbocycles. The number of benzene rings is 2. The van der Waals surface area contributed by atoms with E-state index < -0.39 is 23.3 Å². The molecule has 3 rings (SSSR count). The molecule has 0 radical (unpaired) electrons. The van der Waals surface area contributed by atoms with Crippen LogP contribution in [0.1, 0.15) is 63.0 Å². The lowest BCUT2D eigenvalue weighted by Gasteiger charge is -2.27. The normalized spacial score (nSPS) is 18.8. The largest absolute Gasteiger partial charge is 0.491 e. The molecule has 0 unspecified atom stereocenters. The van der Waals surface area contributed by atoms with Gasteiger partial charge in [-0.3, -0.25) is 0 Å². The van der Waals surface area contributed by atoms with Crippen LogP contribution in [0.15, 0.2) is 36.4 Å². The number of aryl methyl sites for hydroxylation is 1. The summed E-state index contributed by atoms with van der Waals surface area (Å²) < 4.78 is 67.0. The van der Waals surface area contributed by atoms with E-state index in [2.05, 4.69) is 6.08 Å². The van der Waals surface area contributed by atoms with E-state index in [1.807, 2.05) is 6.08 Å². The van der Waals surface area contributed by atoms with E-state index in [0.29, 0.717) is 29.9 Å². The summed E-state index contributed by atoms with van der Waals surface area (Å²) in [4.78, 5) is 0. The van der Waals surface area contributed by atoms with Crippen molar-refractivity contribution in [1.29, 1.82) is 0 Å². The second kappa shape index (κ2) is 11.4. The fraction of sp³-hybridized carbons (Fsp3) is 0.462. The standard InChI is InChI=1S/C26H30F4O2/c1-3-31-21-15-13-19(23(27)25(21)29)8-6-5-7-17-9-11-18(12-10-17)20-14-16-22(32-4-2)26(30)24(20)28/h5,7,13-18H,3-4,6,8-12H2,1-2H3/t17-,18-. The third kappa shape index (κ3) is 5.64. The summed E-state index contributed by atoms with van der Waals surface area (Å²) in [5.41, 5.74) is 0.744. The minimum absolute atomic E-state index is 0.00856. The van der Waals surface area contributed by atoms with E-state index >= 15 is 0 Å². The molecule has 32 heavy (non-hydrogen) atoms. The number of allylic oxidation sites excluding steroid dienone is 2. The maximum absolute atomic E-state index is 14.5. The van der Waals surface area contributed by atoms with Crippen LogP contribution in [0, 0.1) is 29.2 Å². The minimum atomic E-state index is -0.940. The molecule has 0 amide bonds. The summed E-state index contributed by atoms with van der Waals surface area (Å²) in [6.07, 6.45) is 8.41. The molecule has 1 fully saturated rings. The molecule has 0 aliphatic heterocycles. The Hall–Kier alpha value is -2.50. The van der Waals surface area contributed by atoms with Crippen molar-refractivity contribution >= 4 is 0 Å². The van der Waals surface area contributed by atoms with Crippen molar-refractivity contribution in [3.63, 3.8) is 0 Å². The van der Waals surface area contributed by atoms with Crippen LogP contribution >= 0.6 is 0 Å². The molecule has 2 nitrogen and oxygen atoms in total. The first kappa shape index (κ1) is 24.1. The third-order valence-electron chi connectivity index (χ3n) is 6.00. The maximum atomic E-state index is 14.5. The lowest BCUT2D eigenvalue weighted by Crippen LogP contribution is -2.14. The van der Waals surface area contributed by atoms with E-state index in [9.17, 15) is 17.6 Å². The Bertz CT molecular complexity index is 934. The lowest BCUT2D eigenvalue weighted by molar-refractivity contribution is 0.310. The highest BCUT2D eigenvalue weighted by Crippen LogP contribution is 2.39. The molecule has 1 aliphatic carbocycles. The van der Waals surface area contributed by atoms with Gasteiger partial charge in [0.1, 0.15) is 0 Å². The number of ether oxygens (including phenoxy) is 2. The minimum Gasteiger partial charge on any atom is -0.491 e. The van der Waals surface area contributed by atoms with Crippen molar-refractivity contribution in [3.8, 4) is 11.5 Å². The molecule has 0 N–H and O–H groups in total. The highest BCUT2D eigenvalue weighted by molar-refractivity contribution is 5.33. The molecule has 2 aromatic rings. The van der Waals surface area contributed by atoms with E-state index in [-0.39, 0.29) is 30.6 Å². The van der Waals surface area contributed by atoms with Gasteiger partial charge in [-0.05, 0) is 87.5 Å². The summed E-state index contributed by atoms with van der Waals surface area (Å²) in [6, 6.07) is 6.17. The van der Waals surface area contributed by atoms with Gasteiger partial charge in [-0.2, -0.15) is 8.78 Å². The van der Waals surface area contributed by atoms with Crippen molar-refractivity contribution in [1.82, 2.24) is 0 Å². The first-order valence-electron chi connectivity index (χ1n) is 11.3. The van der Waals surface area contributed by atoms with E-state index in [1.165, 1.54) is 12.1 Å². The van der Waals surface area contributed by atoms with Gasteiger partial charge in [-0.25, -0.2) is 8.78 Å². The predicted molar refractivity (Wildman–Crippen MR) is 117 cm³/mol. The number of rotatable bonds is 9. The summed E-state index contributed by atoms with van der Waals surface area (Å²) >= 11 is 0. The van der Waals surface area contributed by atoms with Gasteiger partial charge < -0.3 is 9.47 Å². The third-order valence-corrected chi connectivity index (χ3v) is 6.00. The van der Waals surface area contributed by atoms with Gasteiger partial charge in [-0.15, -0.1) is 0 Å². The molecular formula is C26H30F4O2. The van der Waals surface area contributed by atoms with Crippen LogP contribution in [0.3, 0.4) is 0 Å². The molecular weight excluding hydrogens is 420 g/mol. The molecule has 0 bridgehead atoms. The van der Waals surface area contributed by atoms with Gasteiger partial charge in [0, 0.05) is 0 Å². The van der Waals surface area contributed by atoms with Crippen LogP contribution in [0.25, 0.3) is 0 Å². The lowest BCUT2D eigenvalue weighted by atomic mass is 9.78. The molecule has 0 heterocycles. The smallest absolute Gasteiger partial charge is 0.200 e. The van der Waals surface area contributed by atoms with Crippen LogP contribution in [-0.2, 0) is 6.42 Å². The van der Waals surface area contributed by atoms with Crippen LogP contribution in [0.2, 0.25) is 0 Å². The SMILES string of the molecule is CCOc1ccc(CCC=C[C@H]2CC[C@H](c3ccc(OCC)c(F)c3F)CC2)c(F)c1F. The van der Waals surface area contributed by atoms with Crippen molar-refractivity contribution in [3.05, 3.63) is 70.8 Å². The molecule has 174 valence electrons. The molecule has 2 aromatic carbocycles. The number of hydrogen-bond acceptors (Lipinski definition) is 2. The van der Waals surface area contributed by atoms with Crippen LogP contribution < -0.4 is 9.47 Å². The van der Waals surface area contributed by atoms with Gasteiger partial charge in [0.2, 0.25) is 11.6 Å². The Kier molecular flexibility index (Phi) is 8.60. The summed E-state index contributed by atoms with van der Waals surface area (Å²) in [5, 5.41) is 0. The summed E-state index contributed by atoms with van der Waals surface area (Å²) in [7, 11) is 0. The van der Waals surface area contributed by atoms with E-state index in [4.69, 9.17) is 9.47 Å². The second-order valence-corrected chi connectivity index (χ2v) is 8.08. The van der Waals surface area contributed by atoms with Crippen molar-refractivity contribution < 1.29 is 27.0 Å². The Morgan fingerprint density at radius 2 is 1.38 bits per heavy atom. The fourth-order valence-electron chi connectivity index (χ4n) is 4.31. The molecule has 0 spiro atoms. The molecule has 6 heteroatoms. The Morgan fingerprint density at radius 3 is 2.00 bits per heavy atom. The maximum Gasteiger partial charge on any atom is 0.200 e. The average Bonchev–Trinajstić information content (AvgIpc) is 2.80. The van der Waals surface area contributed by atoms with E-state index in [1.54, 1.807) is 26.0 Å². The zero-order valence-electron chi connectivity index (χ0n) is 18.6. The van der Waals surface area contributed by atoms with Crippen LogP contribution in [-0.4, -0.2) is 13.2 Å². The quantitative estimate of drug-likeness (QED) is 0.291. The van der Waals surface area contributed by atoms with Crippen LogP contribution in [0.4, 0.5) is 17.6 Å². The fourth-order valence-corrected chi connectivity index (χ4v) is 4.31. The van der Waals surface area contributed by atoms with Gasteiger partial charge in [-0.1, -0.05) is 24.3 Å². The molecule has 0 atom stereocenters. The predicted octanol–water partition coefficient (Wildman–Crippen LogP) is 7.50. The monoisotopic (exact) mass is 450 g/mol. The zero-order chi connectivity index (χ0) is 23.1. The summed E-state index contributed by atoms with van der Waals surface area (Å²) in [6.45, 7) is 4.01. The first-order chi connectivity index (χ1) is 15.5. The Morgan fingerprint density at radius 1 is 0.781 bits per heavy atom. The first-order valence-corrected chi connectivity index (χ1v) is 11.3. The van der Waals surface area contributed by atoms with Gasteiger partial charge in [0.25, 0.3) is 0 Å². The number of hydrogen-bond donors (Lipinski definition) is 0. The molecule has 1 aliphatic rings. The molecule has 0 aromatic heterocycles. The topological polar surface area (TPSA) is 18.5 Å². The second-order valence-electron chi connectivity index (χ2n) is 8.08. The van der Waals surface area contributed by atoms with Crippen LogP contribution in [0.5, 0.6) is 11.5 Å². The van der Waals surface area contributed by atoms with Crippen molar-refractivity contribution in [2.24, 2.45) is 5.92 Å². The Balaban J connectivity index is 1.50. The zero-order valence-corrected chi connectivity index (χ0v) is 18.6. The van der Waals surface area contributed by atoms with Crippen molar-refractivity contribution in [2.45, 2.75) is 58.3 Å². The molecule has 0 saturated heterocycles. The highest BCUT2D eigenvalue weighted by Gasteiger charge is 2.25. The average molecular weight is 451 g/mol. The van der Waals surface area contributed by atoms with Gasteiger partial charge in [0.15, 0.2) is 23.1 Å². The Labute approximate surface area is 187 Å². The highest BCUT2D eigenvalue weighted by atomic mass is 19.2. The number of halogens is 4. The van der Waals surface area contributed by atoms with E-state index in [0.717, 1.165) is 25.7 Å². The summed E-state index contributed by atoms with van der Waals surface area (Å²) in [5.74, 6) is -3.28. The van der Waals surface area contributed by atoms with Gasteiger partial charge >= 0.3 is 0 Å². The van der Waals surface area contributed by atoms with Gasteiger partial charge in [0.05, 0.1) is 13.2 Å².